The molecule has 0 saturated heterocycles. The molecule has 0 aliphatic rings. The molecule has 2 aromatic heterocycles. The molecule has 0 aliphatic carbocycles. The summed E-state index contributed by atoms with van der Waals surface area (Å²) in [5.41, 5.74) is 0.700. The summed E-state index contributed by atoms with van der Waals surface area (Å²) in [6, 6.07) is 0. The molecule has 2 heterocycles. The van der Waals surface area contributed by atoms with Crippen LogP contribution in [0.1, 0.15) is 5.69 Å². The third-order valence-corrected chi connectivity index (χ3v) is 3.87. The monoisotopic (exact) mass is 284 g/mol. The largest absolute Gasteiger partial charge is 0.347 e. The zero-order chi connectivity index (χ0) is 13.7. The number of imidazole rings is 1. The SMILES string of the molecule is CNCCn1cc(S(=O)(=O)NCc2cnc[nH]2)cn1. The van der Waals surface area contributed by atoms with Crippen molar-refractivity contribution >= 4 is 10.0 Å². The highest BCUT2D eigenvalue weighted by Crippen LogP contribution is 2.07. The number of likely N-dealkylation sites (N-methyl/N-ethyl adjacent to an activating group) is 1. The van der Waals surface area contributed by atoms with Gasteiger partial charge in [0.2, 0.25) is 10.0 Å². The lowest BCUT2D eigenvalue weighted by Gasteiger charge is -2.02. The predicted molar refractivity (Wildman–Crippen MR) is 68.8 cm³/mol. The van der Waals surface area contributed by atoms with E-state index in [9.17, 15) is 8.42 Å². The second-order valence-corrected chi connectivity index (χ2v) is 5.71. The molecule has 0 unspecified atom stereocenters. The predicted octanol–water partition coefficient (Wildman–Crippen LogP) is -0.696. The van der Waals surface area contributed by atoms with Gasteiger partial charge in [-0.05, 0) is 7.05 Å². The molecule has 0 atom stereocenters. The maximum Gasteiger partial charge on any atom is 0.244 e. The second kappa shape index (κ2) is 5.95. The summed E-state index contributed by atoms with van der Waals surface area (Å²) >= 11 is 0. The molecule has 0 aliphatic heterocycles. The Bertz CT molecular complexity index is 604. The number of rotatable bonds is 7. The first-order chi connectivity index (χ1) is 9.12. The number of nitrogens with zero attached hydrogens (tertiary/aromatic N) is 3. The van der Waals surface area contributed by atoms with Crippen molar-refractivity contribution in [3.8, 4) is 0 Å². The zero-order valence-corrected chi connectivity index (χ0v) is 11.3. The molecule has 0 fully saturated rings. The van der Waals surface area contributed by atoms with Crippen LogP contribution in [0, 0.1) is 0 Å². The van der Waals surface area contributed by atoms with E-state index in [1.54, 1.807) is 10.9 Å². The van der Waals surface area contributed by atoms with Crippen molar-refractivity contribution in [1.82, 2.24) is 29.8 Å². The van der Waals surface area contributed by atoms with Crippen LogP contribution in [0.2, 0.25) is 0 Å². The van der Waals surface area contributed by atoms with Crippen LogP contribution in [0.4, 0.5) is 0 Å². The van der Waals surface area contributed by atoms with Crippen molar-refractivity contribution in [2.24, 2.45) is 0 Å². The maximum absolute atomic E-state index is 12.0. The van der Waals surface area contributed by atoms with Crippen LogP contribution in [-0.4, -0.2) is 41.8 Å². The Kier molecular flexibility index (Phi) is 4.30. The Morgan fingerprint density at radius 3 is 2.95 bits per heavy atom. The van der Waals surface area contributed by atoms with E-state index < -0.39 is 10.0 Å². The quantitative estimate of drug-likeness (QED) is 0.624. The van der Waals surface area contributed by atoms with Gasteiger partial charge >= 0.3 is 0 Å². The van der Waals surface area contributed by atoms with E-state index in [0.717, 1.165) is 6.54 Å². The van der Waals surface area contributed by atoms with E-state index in [1.807, 2.05) is 7.05 Å². The zero-order valence-electron chi connectivity index (χ0n) is 10.5. The fraction of sp³-hybridized carbons (Fsp3) is 0.400. The van der Waals surface area contributed by atoms with E-state index >= 15 is 0 Å². The maximum atomic E-state index is 12.0. The smallest absolute Gasteiger partial charge is 0.244 e. The summed E-state index contributed by atoms with van der Waals surface area (Å²) < 4.78 is 28.1. The van der Waals surface area contributed by atoms with Crippen molar-refractivity contribution in [2.75, 3.05) is 13.6 Å². The minimum absolute atomic E-state index is 0.156. The molecule has 0 spiro atoms. The van der Waals surface area contributed by atoms with Crippen LogP contribution in [0.15, 0.2) is 29.8 Å². The highest BCUT2D eigenvalue weighted by Gasteiger charge is 2.16. The first kappa shape index (κ1) is 13.7. The number of sulfonamides is 1. The molecule has 9 heteroatoms. The van der Waals surface area contributed by atoms with Gasteiger partial charge in [-0.3, -0.25) is 4.68 Å². The van der Waals surface area contributed by atoms with Crippen LogP contribution < -0.4 is 10.0 Å². The summed E-state index contributed by atoms with van der Waals surface area (Å²) in [5.74, 6) is 0. The summed E-state index contributed by atoms with van der Waals surface area (Å²) in [7, 11) is -1.72. The van der Waals surface area contributed by atoms with Crippen molar-refractivity contribution < 1.29 is 8.42 Å². The van der Waals surface area contributed by atoms with Crippen LogP contribution in [0.5, 0.6) is 0 Å². The molecule has 2 rings (SSSR count). The van der Waals surface area contributed by atoms with E-state index in [0.29, 0.717) is 12.2 Å². The Morgan fingerprint density at radius 1 is 1.42 bits per heavy atom. The Morgan fingerprint density at radius 2 is 2.26 bits per heavy atom. The molecule has 0 aromatic carbocycles. The van der Waals surface area contributed by atoms with Gasteiger partial charge in [0.15, 0.2) is 0 Å². The average molecular weight is 284 g/mol. The van der Waals surface area contributed by atoms with Gasteiger partial charge in [-0.15, -0.1) is 0 Å². The van der Waals surface area contributed by atoms with Crippen molar-refractivity contribution in [3.05, 3.63) is 30.6 Å². The standard InChI is InChI=1S/C10H16N6O2S/c1-11-2-3-16-7-10(6-14-16)19(17,18)15-5-9-4-12-8-13-9/h4,6-8,11,15H,2-3,5H2,1H3,(H,12,13). The first-order valence-electron chi connectivity index (χ1n) is 5.76. The molecule has 3 N–H and O–H groups in total. The van der Waals surface area contributed by atoms with E-state index in [2.05, 4.69) is 25.1 Å². The molecule has 0 amide bonds. The van der Waals surface area contributed by atoms with Crippen LogP contribution in [0.3, 0.4) is 0 Å². The topological polar surface area (TPSA) is 105 Å². The molecule has 0 radical (unpaired) electrons. The lowest BCUT2D eigenvalue weighted by molar-refractivity contribution is 0.575. The van der Waals surface area contributed by atoms with Gasteiger partial charge in [0.1, 0.15) is 4.90 Å². The Balaban J connectivity index is 2.00. The average Bonchev–Trinajstić information content (AvgIpc) is 3.05. The van der Waals surface area contributed by atoms with Crippen molar-refractivity contribution in [1.29, 1.82) is 0 Å². The summed E-state index contributed by atoms with van der Waals surface area (Å²) in [4.78, 5) is 6.80. The number of aromatic amines is 1. The van der Waals surface area contributed by atoms with Crippen LogP contribution in [-0.2, 0) is 23.1 Å². The van der Waals surface area contributed by atoms with E-state index in [-0.39, 0.29) is 11.4 Å². The van der Waals surface area contributed by atoms with Crippen LogP contribution >= 0.6 is 0 Å². The molecular weight excluding hydrogens is 268 g/mol. The molecule has 8 nitrogen and oxygen atoms in total. The number of nitrogens with one attached hydrogen (secondary N) is 3. The van der Waals surface area contributed by atoms with Gasteiger partial charge in [0, 0.05) is 24.6 Å². The molecular formula is C10H16N6O2S. The molecule has 2 aromatic rings. The third-order valence-electron chi connectivity index (χ3n) is 2.52. The number of hydrogen-bond acceptors (Lipinski definition) is 5. The lowest BCUT2D eigenvalue weighted by Crippen LogP contribution is -2.23. The Hall–Kier alpha value is -1.71. The van der Waals surface area contributed by atoms with Gasteiger partial charge in [-0.1, -0.05) is 0 Å². The van der Waals surface area contributed by atoms with Gasteiger partial charge in [-0.2, -0.15) is 5.10 Å². The summed E-state index contributed by atoms with van der Waals surface area (Å²) in [5, 5.41) is 6.97. The number of aromatic nitrogens is 4. The molecule has 0 bridgehead atoms. The summed E-state index contributed by atoms with van der Waals surface area (Å²) in [6.07, 6.45) is 5.91. The van der Waals surface area contributed by atoms with Gasteiger partial charge < -0.3 is 10.3 Å². The van der Waals surface area contributed by atoms with Crippen molar-refractivity contribution in [2.45, 2.75) is 18.0 Å². The normalized spacial score (nSPS) is 11.8. The number of hydrogen-bond donors (Lipinski definition) is 3. The van der Waals surface area contributed by atoms with E-state index in [1.165, 1.54) is 18.7 Å². The fourth-order valence-electron chi connectivity index (χ4n) is 1.47. The third kappa shape index (κ3) is 3.63. The van der Waals surface area contributed by atoms with Gasteiger partial charge in [0.25, 0.3) is 0 Å². The van der Waals surface area contributed by atoms with E-state index in [4.69, 9.17) is 0 Å². The van der Waals surface area contributed by atoms with Gasteiger partial charge in [-0.25, -0.2) is 18.1 Å². The molecule has 104 valence electrons. The highest BCUT2D eigenvalue weighted by molar-refractivity contribution is 7.89. The fourth-order valence-corrected chi connectivity index (χ4v) is 2.43. The second-order valence-electron chi connectivity index (χ2n) is 3.94. The molecule has 0 saturated carbocycles. The lowest BCUT2D eigenvalue weighted by atomic mass is 10.5. The Labute approximate surface area is 111 Å². The summed E-state index contributed by atoms with van der Waals surface area (Å²) in [6.45, 7) is 1.51. The number of H-pyrrole nitrogens is 1. The highest BCUT2D eigenvalue weighted by atomic mass is 32.2. The first-order valence-corrected chi connectivity index (χ1v) is 7.24. The van der Waals surface area contributed by atoms with Crippen molar-refractivity contribution in [3.63, 3.8) is 0 Å². The van der Waals surface area contributed by atoms with Gasteiger partial charge in [0.05, 0.1) is 25.6 Å². The van der Waals surface area contributed by atoms with Crippen LogP contribution in [0.25, 0.3) is 0 Å². The molecule has 19 heavy (non-hydrogen) atoms. The minimum Gasteiger partial charge on any atom is -0.347 e. The minimum atomic E-state index is -3.54.